The summed E-state index contributed by atoms with van der Waals surface area (Å²) in [6.07, 6.45) is 3.62. The van der Waals surface area contributed by atoms with Crippen LogP contribution in [0.25, 0.3) is 5.95 Å². The van der Waals surface area contributed by atoms with Crippen LogP contribution in [0.3, 0.4) is 0 Å². The largest absolute Gasteiger partial charge is 0.489 e. The van der Waals surface area contributed by atoms with E-state index < -0.39 is 0 Å². The van der Waals surface area contributed by atoms with Crippen LogP contribution in [0.5, 0.6) is 5.75 Å². The van der Waals surface area contributed by atoms with Crippen molar-refractivity contribution >= 4 is 23.3 Å². The predicted octanol–water partition coefficient (Wildman–Crippen LogP) is 4.68. The molecular weight excluding hydrogens is 426 g/mol. The molecule has 8 heteroatoms. The lowest BCUT2D eigenvalue weighted by Gasteiger charge is -2.24. The standard InChI is InChI=1S/C24H20ClN5O2/c1-15-22-20(13-21(31)28-23(22)30(29-15)24-26-9-4-10-27-24)17-6-3-8-19(12-17)32-14-16-5-2-7-18(25)11-16/h2-12,20H,13-14H2,1H3,(H,28,31). The van der Waals surface area contributed by atoms with Crippen molar-refractivity contribution in [3.05, 3.63) is 94.4 Å². The number of carbonyl (C=O) groups excluding carboxylic acids is 1. The Morgan fingerprint density at radius 1 is 1.12 bits per heavy atom. The molecule has 2 aromatic heterocycles. The first kappa shape index (κ1) is 20.2. The third kappa shape index (κ3) is 3.94. The lowest BCUT2D eigenvalue weighted by Crippen LogP contribution is -2.25. The van der Waals surface area contributed by atoms with Gasteiger partial charge in [-0.1, -0.05) is 35.9 Å². The van der Waals surface area contributed by atoms with Crippen molar-refractivity contribution in [1.82, 2.24) is 19.7 Å². The smallest absolute Gasteiger partial charge is 0.252 e. The van der Waals surface area contributed by atoms with Crippen molar-refractivity contribution in [1.29, 1.82) is 0 Å². The van der Waals surface area contributed by atoms with Crippen LogP contribution in [0.2, 0.25) is 5.02 Å². The van der Waals surface area contributed by atoms with Crippen molar-refractivity contribution in [2.75, 3.05) is 5.32 Å². The first-order valence-corrected chi connectivity index (χ1v) is 10.6. The number of hydrogen-bond donors (Lipinski definition) is 1. The van der Waals surface area contributed by atoms with Gasteiger partial charge in [0.15, 0.2) is 0 Å². The zero-order valence-corrected chi connectivity index (χ0v) is 18.1. The molecule has 2 aromatic carbocycles. The molecule has 160 valence electrons. The zero-order chi connectivity index (χ0) is 22.1. The molecule has 0 radical (unpaired) electrons. The molecular formula is C24H20ClN5O2. The van der Waals surface area contributed by atoms with E-state index >= 15 is 0 Å². The number of nitrogens with zero attached hydrogens (tertiary/aromatic N) is 4. The SMILES string of the molecule is Cc1nn(-c2ncccn2)c2c1C(c1cccc(OCc3cccc(Cl)c3)c1)CC(=O)N2. The molecule has 1 unspecified atom stereocenters. The van der Waals surface area contributed by atoms with Gasteiger partial charge in [-0.2, -0.15) is 9.78 Å². The maximum Gasteiger partial charge on any atom is 0.252 e. The number of aryl methyl sites for hydroxylation is 1. The Balaban J connectivity index is 1.47. The number of nitrogens with one attached hydrogen (secondary N) is 1. The highest BCUT2D eigenvalue weighted by atomic mass is 35.5. The minimum Gasteiger partial charge on any atom is -0.489 e. The number of benzene rings is 2. The highest BCUT2D eigenvalue weighted by molar-refractivity contribution is 6.30. The lowest BCUT2D eigenvalue weighted by molar-refractivity contribution is -0.116. The molecule has 32 heavy (non-hydrogen) atoms. The molecule has 1 N–H and O–H groups in total. The maximum atomic E-state index is 12.6. The van der Waals surface area contributed by atoms with E-state index in [0.717, 1.165) is 28.1 Å². The number of rotatable bonds is 5. The summed E-state index contributed by atoms with van der Waals surface area (Å²) < 4.78 is 7.59. The van der Waals surface area contributed by atoms with Crippen LogP contribution >= 0.6 is 11.6 Å². The molecule has 1 atom stereocenters. The molecule has 0 aliphatic carbocycles. The molecule has 0 fully saturated rings. The fraction of sp³-hybridized carbons (Fsp3) is 0.167. The first-order chi connectivity index (χ1) is 15.6. The molecule has 0 bridgehead atoms. The predicted molar refractivity (Wildman–Crippen MR) is 121 cm³/mol. The summed E-state index contributed by atoms with van der Waals surface area (Å²) in [6, 6.07) is 17.2. The molecule has 0 saturated carbocycles. The molecule has 0 spiro atoms. The minimum absolute atomic E-state index is 0.0789. The van der Waals surface area contributed by atoms with E-state index in [1.807, 2.05) is 55.5 Å². The van der Waals surface area contributed by atoms with E-state index in [0.29, 0.717) is 29.8 Å². The number of hydrogen-bond acceptors (Lipinski definition) is 5. The number of carbonyl (C=O) groups is 1. The van der Waals surface area contributed by atoms with Gasteiger partial charge in [0.25, 0.3) is 5.95 Å². The van der Waals surface area contributed by atoms with Crippen molar-refractivity contribution in [3.63, 3.8) is 0 Å². The molecule has 0 saturated heterocycles. The van der Waals surface area contributed by atoms with Crippen molar-refractivity contribution in [2.45, 2.75) is 25.9 Å². The normalized spacial score (nSPS) is 15.2. The van der Waals surface area contributed by atoms with Gasteiger partial charge in [0.2, 0.25) is 5.91 Å². The van der Waals surface area contributed by atoms with Gasteiger partial charge in [-0.15, -0.1) is 0 Å². The van der Waals surface area contributed by atoms with E-state index in [1.54, 1.807) is 23.1 Å². The van der Waals surface area contributed by atoms with Crippen LogP contribution in [-0.2, 0) is 11.4 Å². The Morgan fingerprint density at radius 2 is 1.94 bits per heavy atom. The van der Waals surface area contributed by atoms with Gasteiger partial charge in [-0.3, -0.25) is 4.79 Å². The number of halogens is 1. The Hall–Kier alpha value is -3.71. The second-order valence-electron chi connectivity index (χ2n) is 7.60. The van der Waals surface area contributed by atoms with Crippen molar-refractivity contribution in [2.24, 2.45) is 0 Å². The van der Waals surface area contributed by atoms with Gasteiger partial charge in [0.05, 0.1) is 5.69 Å². The minimum atomic E-state index is -0.147. The average Bonchev–Trinajstić information content (AvgIpc) is 3.14. The van der Waals surface area contributed by atoms with Crippen LogP contribution in [0, 0.1) is 6.92 Å². The maximum absolute atomic E-state index is 12.6. The fourth-order valence-electron chi connectivity index (χ4n) is 3.99. The highest BCUT2D eigenvalue weighted by Gasteiger charge is 2.33. The summed E-state index contributed by atoms with van der Waals surface area (Å²) in [5, 5.41) is 8.24. The quantitative estimate of drug-likeness (QED) is 0.482. The highest BCUT2D eigenvalue weighted by Crippen LogP contribution is 2.40. The number of amides is 1. The van der Waals surface area contributed by atoms with E-state index in [9.17, 15) is 4.79 Å². The summed E-state index contributed by atoms with van der Waals surface area (Å²) >= 11 is 6.07. The van der Waals surface area contributed by atoms with Crippen LogP contribution in [0.4, 0.5) is 5.82 Å². The van der Waals surface area contributed by atoms with Gasteiger partial charge < -0.3 is 10.1 Å². The monoisotopic (exact) mass is 445 g/mol. The topological polar surface area (TPSA) is 81.9 Å². The Labute approximate surface area is 190 Å². The second-order valence-corrected chi connectivity index (χ2v) is 8.04. The Kier molecular flexibility index (Phi) is 5.33. The van der Waals surface area contributed by atoms with Crippen molar-refractivity contribution < 1.29 is 9.53 Å². The number of anilines is 1. The lowest BCUT2D eigenvalue weighted by atomic mass is 9.86. The summed E-state index contributed by atoms with van der Waals surface area (Å²) in [6.45, 7) is 2.34. The second kappa shape index (κ2) is 8.43. The molecule has 4 aromatic rings. The van der Waals surface area contributed by atoms with E-state index in [-0.39, 0.29) is 11.8 Å². The van der Waals surface area contributed by atoms with E-state index in [1.165, 1.54) is 0 Å². The number of fused-ring (bicyclic) bond motifs is 1. The number of aromatic nitrogens is 4. The molecule has 1 amide bonds. The molecule has 3 heterocycles. The molecule has 5 rings (SSSR count). The van der Waals surface area contributed by atoms with Crippen LogP contribution in [-0.4, -0.2) is 25.7 Å². The van der Waals surface area contributed by atoms with E-state index in [4.69, 9.17) is 16.3 Å². The molecule has 1 aliphatic heterocycles. The zero-order valence-electron chi connectivity index (χ0n) is 17.3. The average molecular weight is 446 g/mol. The van der Waals surface area contributed by atoms with Gasteiger partial charge in [0.1, 0.15) is 18.2 Å². The third-order valence-electron chi connectivity index (χ3n) is 5.40. The third-order valence-corrected chi connectivity index (χ3v) is 5.63. The van der Waals surface area contributed by atoms with E-state index in [2.05, 4.69) is 20.4 Å². The molecule has 1 aliphatic rings. The van der Waals surface area contributed by atoms with Gasteiger partial charge in [-0.05, 0) is 48.4 Å². The fourth-order valence-corrected chi connectivity index (χ4v) is 4.20. The van der Waals surface area contributed by atoms with Gasteiger partial charge in [0, 0.05) is 35.3 Å². The summed E-state index contributed by atoms with van der Waals surface area (Å²) in [5.74, 6) is 1.53. The Bertz CT molecular complexity index is 1290. The molecule has 7 nitrogen and oxygen atoms in total. The van der Waals surface area contributed by atoms with Crippen LogP contribution < -0.4 is 10.1 Å². The van der Waals surface area contributed by atoms with Crippen LogP contribution in [0.1, 0.15) is 34.7 Å². The summed E-state index contributed by atoms with van der Waals surface area (Å²) in [7, 11) is 0. The van der Waals surface area contributed by atoms with Crippen molar-refractivity contribution in [3.8, 4) is 11.7 Å². The van der Waals surface area contributed by atoms with Gasteiger partial charge >= 0.3 is 0 Å². The Morgan fingerprint density at radius 3 is 2.75 bits per heavy atom. The number of ether oxygens (including phenoxy) is 1. The summed E-state index contributed by atoms with van der Waals surface area (Å²) in [4.78, 5) is 21.1. The van der Waals surface area contributed by atoms with Crippen LogP contribution in [0.15, 0.2) is 67.0 Å². The first-order valence-electron chi connectivity index (χ1n) is 10.2. The summed E-state index contributed by atoms with van der Waals surface area (Å²) in [5.41, 5.74) is 3.76. The van der Waals surface area contributed by atoms with Gasteiger partial charge in [-0.25, -0.2) is 9.97 Å².